The normalized spacial score (nSPS) is 14.1. The van der Waals surface area contributed by atoms with Crippen molar-refractivity contribution in [1.29, 1.82) is 0 Å². The van der Waals surface area contributed by atoms with E-state index < -0.39 is 0 Å². The predicted octanol–water partition coefficient (Wildman–Crippen LogP) is 1.64. The topological polar surface area (TPSA) is 105 Å². The molecule has 0 spiro atoms. The number of nitrogens with two attached hydrogens (primary N) is 1. The standard InChI is InChI=1S/C18H24N6O2/c1-13-4-2-3-5-14(13)21-17(25)6-7-20-15-12-16(23-18(19)22-15)24-8-10-26-11-9-24/h2-5,12H,6-11H2,1H3,(H,21,25)(H3,19,20,22,23). The molecular weight excluding hydrogens is 332 g/mol. The summed E-state index contributed by atoms with van der Waals surface area (Å²) in [4.78, 5) is 22.7. The Balaban J connectivity index is 1.53. The number of hydrogen-bond donors (Lipinski definition) is 3. The number of morpholine rings is 1. The van der Waals surface area contributed by atoms with E-state index in [1.54, 1.807) is 0 Å². The van der Waals surface area contributed by atoms with E-state index in [1.165, 1.54) is 0 Å². The van der Waals surface area contributed by atoms with E-state index in [4.69, 9.17) is 10.5 Å². The molecule has 1 saturated heterocycles. The number of anilines is 4. The van der Waals surface area contributed by atoms with Crippen LogP contribution in [0.1, 0.15) is 12.0 Å². The number of para-hydroxylation sites is 1. The maximum atomic E-state index is 12.1. The minimum Gasteiger partial charge on any atom is -0.378 e. The molecule has 1 aromatic carbocycles. The first-order chi connectivity index (χ1) is 12.6. The van der Waals surface area contributed by atoms with Crippen LogP contribution in [0.3, 0.4) is 0 Å². The predicted molar refractivity (Wildman–Crippen MR) is 102 cm³/mol. The molecule has 8 heteroatoms. The third-order valence-electron chi connectivity index (χ3n) is 4.14. The van der Waals surface area contributed by atoms with Crippen LogP contribution in [0.25, 0.3) is 0 Å². The summed E-state index contributed by atoms with van der Waals surface area (Å²) < 4.78 is 5.35. The second-order valence-corrected chi connectivity index (χ2v) is 6.11. The molecule has 0 radical (unpaired) electrons. The number of benzene rings is 1. The number of carbonyl (C=O) groups excluding carboxylic acids is 1. The van der Waals surface area contributed by atoms with E-state index in [-0.39, 0.29) is 11.9 Å². The van der Waals surface area contributed by atoms with Gasteiger partial charge in [0.05, 0.1) is 13.2 Å². The van der Waals surface area contributed by atoms with Gasteiger partial charge in [-0.2, -0.15) is 9.97 Å². The molecule has 8 nitrogen and oxygen atoms in total. The Morgan fingerprint density at radius 1 is 1.27 bits per heavy atom. The molecule has 138 valence electrons. The maximum absolute atomic E-state index is 12.1. The second kappa shape index (κ2) is 8.48. The van der Waals surface area contributed by atoms with Crippen LogP contribution < -0.4 is 21.3 Å². The lowest BCUT2D eigenvalue weighted by atomic mass is 10.2. The fourth-order valence-corrected chi connectivity index (χ4v) is 2.73. The molecule has 0 atom stereocenters. The number of carbonyl (C=O) groups is 1. The lowest BCUT2D eigenvalue weighted by Crippen LogP contribution is -2.37. The summed E-state index contributed by atoms with van der Waals surface area (Å²) in [6.45, 7) is 5.31. The van der Waals surface area contributed by atoms with Crippen molar-refractivity contribution in [1.82, 2.24) is 9.97 Å². The van der Waals surface area contributed by atoms with E-state index in [0.29, 0.717) is 32.0 Å². The van der Waals surface area contributed by atoms with Gasteiger partial charge in [-0.3, -0.25) is 4.79 Å². The zero-order chi connectivity index (χ0) is 18.4. The largest absolute Gasteiger partial charge is 0.378 e. The quantitative estimate of drug-likeness (QED) is 0.722. The molecule has 0 unspecified atom stereocenters. The van der Waals surface area contributed by atoms with Crippen molar-refractivity contribution >= 4 is 29.2 Å². The molecule has 1 aromatic heterocycles. The van der Waals surface area contributed by atoms with E-state index >= 15 is 0 Å². The van der Waals surface area contributed by atoms with Crippen molar-refractivity contribution in [2.45, 2.75) is 13.3 Å². The Kier molecular flexibility index (Phi) is 5.85. The third kappa shape index (κ3) is 4.82. The highest BCUT2D eigenvalue weighted by Crippen LogP contribution is 2.18. The monoisotopic (exact) mass is 356 g/mol. The van der Waals surface area contributed by atoms with Crippen molar-refractivity contribution in [3.05, 3.63) is 35.9 Å². The van der Waals surface area contributed by atoms with Gasteiger partial charge in [0.1, 0.15) is 11.6 Å². The molecule has 3 rings (SSSR count). The van der Waals surface area contributed by atoms with Crippen LogP contribution in [0.4, 0.5) is 23.3 Å². The van der Waals surface area contributed by atoms with Gasteiger partial charge in [-0.05, 0) is 18.6 Å². The number of ether oxygens (including phenoxy) is 1. The van der Waals surface area contributed by atoms with Crippen LogP contribution in [0, 0.1) is 6.92 Å². The zero-order valence-corrected chi connectivity index (χ0v) is 14.9. The minimum absolute atomic E-state index is 0.0535. The first kappa shape index (κ1) is 17.9. The van der Waals surface area contributed by atoms with Crippen LogP contribution in [0.5, 0.6) is 0 Å². The van der Waals surface area contributed by atoms with Gasteiger partial charge in [0.2, 0.25) is 11.9 Å². The lowest BCUT2D eigenvalue weighted by molar-refractivity contribution is -0.115. The van der Waals surface area contributed by atoms with Gasteiger partial charge < -0.3 is 26.0 Å². The van der Waals surface area contributed by atoms with Crippen LogP contribution in [-0.4, -0.2) is 48.7 Å². The molecule has 0 saturated carbocycles. The van der Waals surface area contributed by atoms with E-state index in [0.717, 1.165) is 30.2 Å². The summed E-state index contributed by atoms with van der Waals surface area (Å²) in [5.74, 6) is 1.54. The summed E-state index contributed by atoms with van der Waals surface area (Å²) in [7, 11) is 0. The van der Waals surface area contributed by atoms with Crippen molar-refractivity contribution in [2.75, 3.05) is 54.1 Å². The van der Waals surface area contributed by atoms with Gasteiger partial charge in [0.15, 0.2) is 0 Å². The highest BCUT2D eigenvalue weighted by molar-refractivity contribution is 5.91. The molecule has 2 aromatic rings. The number of hydrogen-bond acceptors (Lipinski definition) is 7. The fourth-order valence-electron chi connectivity index (χ4n) is 2.73. The highest BCUT2D eigenvalue weighted by atomic mass is 16.5. The minimum atomic E-state index is -0.0535. The van der Waals surface area contributed by atoms with E-state index in [9.17, 15) is 4.79 Å². The van der Waals surface area contributed by atoms with Gasteiger partial charge in [-0.15, -0.1) is 0 Å². The van der Waals surface area contributed by atoms with E-state index in [1.807, 2.05) is 37.3 Å². The van der Waals surface area contributed by atoms with Gasteiger partial charge in [0.25, 0.3) is 0 Å². The lowest BCUT2D eigenvalue weighted by Gasteiger charge is -2.28. The molecule has 1 fully saturated rings. The van der Waals surface area contributed by atoms with Gasteiger partial charge >= 0.3 is 0 Å². The molecular formula is C18H24N6O2. The molecule has 1 aliphatic rings. The van der Waals surface area contributed by atoms with Crippen molar-refractivity contribution in [3.8, 4) is 0 Å². The maximum Gasteiger partial charge on any atom is 0.226 e. The Morgan fingerprint density at radius 3 is 2.81 bits per heavy atom. The molecule has 4 N–H and O–H groups in total. The average Bonchev–Trinajstić information content (AvgIpc) is 2.64. The first-order valence-corrected chi connectivity index (χ1v) is 8.68. The average molecular weight is 356 g/mol. The number of nitrogens with zero attached hydrogens (tertiary/aromatic N) is 3. The molecule has 26 heavy (non-hydrogen) atoms. The second-order valence-electron chi connectivity index (χ2n) is 6.11. The Hall–Kier alpha value is -2.87. The number of nitrogen functional groups attached to an aromatic ring is 1. The Labute approximate surface area is 152 Å². The summed E-state index contributed by atoms with van der Waals surface area (Å²) in [6, 6.07) is 9.54. The molecule has 0 aliphatic carbocycles. The van der Waals surface area contributed by atoms with Crippen LogP contribution in [-0.2, 0) is 9.53 Å². The summed E-state index contributed by atoms with van der Waals surface area (Å²) >= 11 is 0. The number of nitrogens with one attached hydrogen (secondary N) is 2. The van der Waals surface area contributed by atoms with Gasteiger partial charge in [-0.1, -0.05) is 18.2 Å². The van der Waals surface area contributed by atoms with Crippen molar-refractivity contribution < 1.29 is 9.53 Å². The number of aromatic nitrogens is 2. The van der Waals surface area contributed by atoms with Crippen molar-refractivity contribution in [3.63, 3.8) is 0 Å². The van der Waals surface area contributed by atoms with Crippen LogP contribution in [0.15, 0.2) is 30.3 Å². The number of amides is 1. The van der Waals surface area contributed by atoms with Gasteiger partial charge in [0, 0.05) is 37.8 Å². The highest BCUT2D eigenvalue weighted by Gasteiger charge is 2.14. The fraction of sp³-hybridized carbons (Fsp3) is 0.389. The number of rotatable bonds is 6. The number of aryl methyl sites for hydroxylation is 1. The van der Waals surface area contributed by atoms with Gasteiger partial charge in [-0.25, -0.2) is 0 Å². The molecule has 1 aliphatic heterocycles. The summed E-state index contributed by atoms with van der Waals surface area (Å²) in [6.07, 6.45) is 0.325. The smallest absolute Gasteiger partial charge is 0.226 e. The third-order valence-corrected chi connectivity index (χ3v) is 4.14. The first-order valence-electron chi connectivity index (χ1n) is 8.68. The molecule has 2 heterocycles. The molecule has 1 amide bonds. The Bertz CT molecular complexity index is 761. The van der Waals surface area contributed by atoms with E-state index in [2.05, 4.69) is 25.5 Å². The van der Waals surface area contributed by atoms with Crippen LogP contribution in [0.2, 0.25) is 0 Å². The van der Waals surface area contributed by atoms with Crippen molar-refractivity contribution in [2.24, 2.45) is 0 Å². The van der Waals surface area contributed by atoms with Crippen LogP contribution >= 0.6 is 0 Å². The SMILES string of the molecule is Cc1ccccc1NC(=O)CCNc1cc(N2CCOCC2)nc(N)n1. The summed E-state index contributed by atoms with van der Waals surface area (Å²) in [5.41, 5.74) is 7.68. The molecule has 0 bridgehead atoms. The zero-order valence-electron chi connectivity index (χ0n) is 14.9. The summed E-state index contributed by atoms with van der Waals surface area (Å²) in [5, 5.41) is 6.06. The Morgan fingerprint density at radius 2 is 2.04 bits per heavy atom.